The molecule has 0 aliphatic heterocycles. The lowest BCUT2D eigenvalue weighted by molar-refractivity contribution is 0.241. The minimum absolute atomic E-state index is 0.583. The Hall–Kier alpha value is -0.570. The summed E-state index contributed by atoms with van der Waals surface area (Å²) < 4.78 is 0. The Morgan fingerprint density at radius 1 is 1.47 bits per heavy atom. The van der Waals surface area contributed by atoms with Crippen LogP contribution >= 0.6 is 11.6 Å². The fourth-order valence-corrected chi connectivity index (χ4v) is 2.88. The number of fused-ring (bicyclic) bond motifs is 1. The van der Waals surface area contributed by atoms with Crippen LogP contribution in [0.4, 0.5) is 0 Å². The molecule has 17 heavy (non-hydrogen) atoms. The summed E-state index contributed by atoms with van der Waals surface area (Å²) in [6.07, 6.45) is 3.59. The van der Waals surface area contributed by atoms with Gasteiger partial charge in [-0.25, -0.2) is 0 Å². The molecule has 0 saturated heterocycles. The minimum atomic E-state index is 0.583. The first-order chi connectivity index (χ1) is 8.22. The average molecular weight is 253 g/mol. The maximum atomic E-state index is 6.03. The number of nitrogens with one attached hydrogen (secondary N) is 1. The van der Waals surface area contributed by atoms with E-state index in [4.69, 9.17) is 11.6 Å². The zero-order valence-corrected chi connectivity index (χ0v) is 11.4. The highest BCUT2D eigenvalue weighted by Gasteiger charge is 2.25. The Morgan fingerprint density at radius 3 is 3.06 bits per heavy atom. The van der Waals surface area contributed by atoms with E-state index in [9.17, 15) is 0 Å². The molecule has 0 amide bonds. The molecule has 0 saturated carbocycles. The van der Waals surface area contributed by atoms with E-state index in [1.54, 1.807) is 0 Å². The lowest BCUT2D eigenvalue weighted by Gasteiger charge is -2.25. The summed E-state index contributed by atoms with van der Waals surface area (Å²) in [6.45, 7) is 2.23. The van der Waals surface area contributed by atoms with Gasteiger partial charge in [-0.1, -0.05) is 17.7 Å². The molecular weight excluding hydrogens is 232 g/mol. The third-order valence-electron chi connectivity index (χ3n) is 3.62. The Labute approximate surface area is 109 Å². The molecule has 0 heterocycles. The first kappa shape index (κ1) is 12.9. The van der Waals surface area contributed by atoms with Crippen molar-refractivity contribution in [3.8, 4) is 0 Å². The molecule has 1 N–H and O–H groups in total. The van der Waals surface area contributed by atoms with Crippen molar-refractivity contribution in [3.63, 3.8) is 0 Å². The molecule has 2 rings (SSSR count). The highest BCUT2D eigenvalue weighted by atomic mass is 35.5. The van der Waals surface area contributed by atoms with E-state index in [1.165, 1.54) is 24.0 Å². The van der Waals surface area contributed by atoms with Crippen LogP contribution in [0.2, 0.25) is 5.02 Å². The standard InChI is InChI=1S/C14H21ClN2/c1-16-8-3-9-17(2)14-7-4-11-10-12(15)5-6-13(11)14/h5-6,10,14,16H,3-4,7-9H2,1-2H3. The van der Waals surface area contributed by atoms with Crippen LogP contribution in [0.25, 0.3) is 0 Å². The topological polar surface area (TPSA) is 15.3 Å². The molecule has 3 heteroatoms. The van der Waals surface area contributed by atoms with Crippen LogP contribution in [-0.4, -0.2) is 32.1 Å². The van der Waals surface area contributed by atoms with Crippen LogP contribution in [0, 0.1) is 0 Å². The van der Waals surface area contributed by atoms with Crippen LogP contribution in [0.5, 0.6) is 0 Å². The first-order valence-electron chi connectivity index (χ1n) is 6.35. The van der Waals surface area contributed by atoms with E-state index in [2.05, 4.69) is 29.4 Å². The molecule has 0 radical (unpaired) electrons. The number of hydrogen-bond acceptors (Lipinski definition) is 2. The average Bonchev–Trinajstić information content (AvgIpc) is 2.72. The number of hydrogen-bond donors (Lipinski definition) is 1. The normalized spacial score (nSPS) is 18.7. The fourth-order valence-electron chi connectivity index (χ4n) is 2.68. The molecule has 1 atom stereocenters. The van der Waals surface area contributed by atoms with Crippen molar-refractivity contribution in [1.29, 1.82) is 0 Å². The van der Waals surface area contributed by atoms with Gasteiger partial charge in [-0.05, 0) is 69.7 Å². The Balaban J connectivity index is 2.01. The lowest BCUT2D eigenvalue weighted by Crippen LogP contribution is -2.26. The van der Waals surface area contributed by atoms with E-state index in [0.717, 1.165) is 24.5 Å². The largest absolute Gasteiger partial charge is 0.320 e. The van der Waals surface area contributed by atoms with Crippen molar-refractivity contribution >= 4 is 11.6 Å². The maximum Gasteiger partial charge on any atom is 0.0408 e. The summed E-state index contributed by atoms with van der Waals surface area (Å²) in [7, 11) is 4.23. The van der Waals surface area contributed by atoms with Gasteiger partial charge in [0.1, 0.15) is 0 Å². The van der Waals surface area contributed by atoms with E-state index in [-0.39, 0.29) is 0 Å². The monoisotopic (exact) mass is 252 g/mol. The van der Waals surface area contributed by atoms with Gasteiger partial charge < -0.3 is 5.32 Å². The van der Waals surface area contributed by atoms with Gasteiger partial charge in [-0.15, -0.1) is 0 Å². The van der Waals surface area contributed by atoms with Gasteiger partial charge in [0.25, 0.3) is 0 Å². The van der Waals surface area contributed by atoms with Crippen molar-refractivity contribution in [2.75, 3.05) is 27.2 Å². The number of rotatable bonds is 5. The van der Waals surface area contributed by atoms with Crippen LogP contribution < -0.4 is 5.32 Å². The molecule has 0 bridgehead atoms. The molecular formula is C14H21ClN2. The molecule has 1 aromatic carbocycles. The van der Waals surface area contributed by atoms with Gasteiger partial charge in [0, 0.05) is 11.1 Å². The maximum absolute atomic E-state index is 6.03. The molecule has 0 aromatic heterocycles. The number of nitrogens with zero attached hydrogens (tertiary/aromatic N) is 1. The van der Waals surface area contributed by atoms with Gasteiger partial charge in [-0.3, -0.25) is 4.90 Å². The Morgan fingerprint density at radius 2 is 2.29 bits per heavy atom. The first-order valence-corrected chi connectivity index (χ1v) is 6.73. The van der Waals surface area contributed by atoms with E-state index < -0.39 is 0 Å². The van der Waals surface area contributed by atoms with Gasteiger partial charge in [0.05, 0.1) is 0 Å². The predicted octanol–water partition coefficient (Wildman–Crippen LogP) is 2.87. The zero-order valence-electron chi connectivity index (χ0n) is 10.7. The van der Waals surface area contributed by atoms with Crippen molar-refractivity contribution in [3.05, 3.63) is 34.3 Å². The van der Waals surface area contributed by atoms with Crippen molar-refractivity contribution in [2.45, 2.75) is 25.3 Å². The molecule has 1 unspecified atom stereocenters. The van der Waals surface area contributed by atoms with Gasteiger partial charge in [0.15, 0.2) is 0 Å². The second kappa shape index (κ2) is 5.85. The van der Waals surface area contributed by atoms with Crippen LogP contribution in [0.1, 0.15) is 30.0 Å². The van der Waals surface area contributed by atoms with E-state index in [1.807, 2.05) is 13.1 Å². The van der Waals surface area contributed by atoms with Crippen LogP contribution in [-0.2, 0) is 6.42 Å². The van der Waals surface area contributed by atoms with Crippen molar-refractivity contribution < 1.29 is 0 Å². The quantitative estimate of drug-likeness (QED) is 0.811. The van der Waals surface area contributed by atoms with Crippen molar-refractivity contribution in [2.24, 2.45) is 0 Å². The summed E-state index contributed by atoms with van der Waals surface area (Å²) >= 11 is 6.03. The molecule has 1 aromatic rings. The van der Waals surface area contributed by atoms with Crippen LogP contribution in [0.3, 0.4) is 0 Å². The Bertz CT molecular complexity index is 378. The molecule has 1 aliphatic rings. The summed E-state index contributed by atoms with van der Waals surface area (Å²) in [5.41, 5.74) is 2.91. The summed E-state index contributed by atoms with van der Waals surface area (Å²) in [4.78, 5) is 2.47. The second-order valence-electron chi connectivity index (χ2n) is 4.84. The summed E-state index contributed by atoms with van der Waals surface area (Å²) in [5.74, 6) is 0. The Kier molecular flexibility index (Phi) is 4.43. The fraction of sp³-hybridized carbons (Fsp3) is 0.571. The van der Waals surface area contributed by atoms with Crippen LogP contribution in [0.15, 0.2) is 18.2 Å². The van der Waals surface area contributed by atoms with Gasteiger partial charge >= 0.3 is 0 Å². The summed E-state index contributed by atoms with van der Waals surface area (Å²) in [5, 5.41) is 4.06. The van der Waals surface area contributed by atoms with Gasteiger partial charge in [-0.2, -0.15) is 0 Å². The highest BCUT2D eigenvalue weighted by molar-refractivity contribution is 6.30. The summed E-state index contributed by atoms with van der Waals surface area (Å²) in [6, 6.07) is 6.92. The van der Waals surface area contributed by atoms with Crippen molar-refractivity contribution in [1.82, 2.24) is 10.2 Å². The van der Waals surface area contributed by atoms with Gasteiger partial charge in [0.2, 0.25) is 0 Å². The van der Waals surface area contributed by atoms with E-state index >= 15 is 0 Å². The molecule has 0 fully saturated rings. The predicted molar refractivity (Wildman–Crippen MR) is 73.7 cm³/mol. The molecule has 94 valence electrons. The zero-order chi connectivity index (χ0) is 12.3. The SMILES string of the molecule is CNCCCN(C)C1CCc2cc(Cl)ccc21. The molecule has 2 nitrogen and oxygen atoms in total. The molecule has 0 spiro atoms. The minimum Gasteiger partial charge on any atom is -0.320 e. The smallest absolute Gasteiger partial charge is 0.0408 e. The third kappa shape index (κ3) is 3.01. The van der Waals surface area contributed by atoms with E-state index in [0.29, 0.717) is 6.04 Å². The lowest BCUT2D eigenvalue weighted by atomic mass is 10.1. The third-order valence-corrected chi connectivity index (χ3v) is 3.86. The number of aryl methyl sites for hydroxylation is 1. The molecule has 1 aliphatic carbocycles. The number of halogens is 1. The second-order valence-corrected chi connectivity index (χ2v) is 5.27. The highest BCUT2D eigenvalue weighted by Crippen LogP contribution is 2.36. The number of benzene rings is 1.